The first kappa shape index (κ1) is 13.4. The number of hydrogen-bond acceptors (Lipinski definition) is 3. The molecule has 16 heavy (non-hydrogen) atoms. The van der Waals surface area contributed by atoms with Crippen molar-refractivity contribution in [3.63, 3.8) is 0 Å². The van der Waals surface area contributed by atoms with E-state index in [2.05, 4.69) is 21.2 Å². The van der Waals surface area contributed by atoms with Gasteiger partial charge in [0.2, 0.25) is 5.91 Å². The van der Waals surface area contributed by atoms with Gasteiger partial charge in [-0.15, -0.1) is 11.8 Å². The van der Waals surface area contributed by atoms with Gasteiger partial charge in [0.1, 0.15) is 0 Å². The minimum absolute atomic E-state index is 0.0451. The van der Waals surface area contributed by atoms with Crippen LogP contribution >= 0.6 is 27.7 Å². The third-order valence-corrected chi connectivity index (χ3v) is 3.76. The molecular weight excluding hydrogens is 288 g/mol. The number of halogens is 1. The van der Waals surface area contributed by atoms with Gasteiger partial charge in [0.15, 0.2) is 0 Å². The lowest BCUT2D eigenvalue weighted by molar-refractivity contribution is -0.119. The summed E-state index contributed by atoms with van der Waals surface area (Å²) < 4.78 is 0.926. The van der Waals surface area contributed by atoms with E-state index < -0.39 is 0 Å². The Hall–Kier alpha value is -0.680. The van der Waals surface area contributed by atoms with Gasteiger partial charge in [-0.05, 0) is 48.0 Å². The largest absolute Gasteiger partial charge is 0.399 e. The fraction of sp³-hybridized carbons (Fsp3) is 0.364. The van der Waals surface area contributed by atoms with E-state index in [0.717, 1.165) is 9.37 Å². The van der Waals surface area contributed by atoms with Crippen LogP contribution in [0.25, 0.3) is 0 Å². The topological polar surface area (TPSA) is 55.1 Å². The maximum atomic E-state index is 11.4. The van der Waals surface area contributed by atoms with E-state index in [4.69, 9.17) is 5.73 Å². The highest BCUT2D eigenvalue weighted by Gasteiger charge is 2.06. The SMILES string of the molecule is CC(C)NC(=O)CSc1ccc(N)cc1Br. The lowest BCUT2D eigenvalue weighted by atomic mass is 10.3. The number of thioether (sulfide) groups is 1. The summed E-state index contributed by atoms with van der Waals surface area (Å²) in [5.74, 6) is 0.462. The Labute approximate surface area is 108 Å². The maximum Gasteiger partial charge on any atom is 0.230 e. The summed E-state index contributed by atoms with van der Waals surface area (Å²) in [5, 5.41) is 2.84. The molecule has 0 radical (unpaired) electrons. The van der Waals surface area contributed by atoms with E-state index >= 15 is 0 Å². The number of anilines is 1. The van der Waals surface area contributed by atoms with Gasteiger partial charge in [-0.25, -0.2) is 0 Å². The van der Waals surface area contributed by atoms with E-state index in [1.807, 2.05) is 32.0 Å². The highest BCUT2D eigenvalue weighted by molar-refractivity contribution is 9.10. The molecule has 1 aromatic carbocycles. The number of nitrogen functional groups attached to an aromatic ring is 1. The lowest BCUT2D eigenvalue weighted by Gasteiger charge is -2.08. The lowest BCUT2D eigenvalue weighted by Crippen LogP contribution is -2.31. The fourth-order valence-corrected chi connectivity index (χ4v) is 2.61. The summed E-state index contributed by atoms with van der Waals surface area (Å²) in [4.78, 5) is 12.5. The van der Waals surface area contributed by atoms with Crippen LogP contribution < -0.4 is 11.1 Å². The zero-order chi connectivity index (χ0) is 12.1. The number of carbonyl (C=O) groups is 1. The zero-order valence-corrected chi connectivity index (χ0v) is 11.7. The molecule has 0 saturated carbocycles. The van der Waals surface area contributed by atoms with Crippen LogP contribution in [0.2, 0.25) is 0 Å². The summed E-state index contributed by atoms with van der Waals surface area (Å²) in [7, 11) is 0. The molecule has 0 unspecified atom stereocenters. The molecule has 0 aliphatic heterocycles. The van der Waals surface area contributed by atoms with E-state index in [0.29, 0.717) is 11.4 Å². The second-order valence-electron chi connectivity index (χ2n) is 3.70. The van der Waals surface area contributed by atoms with Gasteiger partial charge >= 0.3 is 0 Å². The molecular formula is C11H15BrN2OS. The molecule has 88 valence electrons. The number of carbonyl (C=O) groups excluding carboxylic acids is 1. The first-order valence-electron chi connectivity index (χ1n) is 4.96. The van der Waals surface area contributed by atoms with Crippen LogP contribution in [0, 0.1) is 0 Å². The highest BCUT2D eigenvalue weighted by atomic mass is 79.9. The fourth-order valence-electron chi connectivity index (χ4n) is 1.14. The maximum absolute atomic E-state index is 11.4. The van der Waals surface area contributed by atoms with E-state index in [-0.39, 0.29) is 11.9 Å². The van der Waals surface area contributed by atoms with Gasteiger partial charge < -0.3 is 11.1 Å². The summed E-state index contributed by atoms with van der Waals surface area (Å²) >= 11 is 4.91. The van der Waals surface area contributed by atoms with Gasteiger partial charge in [-0.1, -0.05) is 0 Å². The number of hydrogen-bond donors (Lipinski definition) is 2. The van der Waals surface area contributed by atoms with Crippen LogP contribution in [0.1, 0.15) is 13.8 Å². The van der Waals surface area contributed by atoms with Crippen molar-refractivity contribution in [1.82, 2.24) is 5.32 Å². The van der Waals surface area contributed by atoms with Crippen molar-refractivity contribution in [1.29, 1.82) is 0 Å². The summed E-state index contributed by atoms with van der Waals surface area (Å²) in [6.45, 7) is 3.89. The van der Waals surface area contributed by atoms with Crippen LogP contribution in [-0.4, -0.2) is 17.7 Å². The minimum Gasteiger partial charge on any atom is -0.399 e. The Morgan fingerprint density at radius 1 is 1.56 bits per heavy atom. The second kappa shape index (κ2) is 6.15. The third-order valence-electron chi connectivity index (χ3n) is 1.76. The average Bonchev–Trinajstić information content (AvgIpc) is 2.15. The standard InChI is InChI=1S/C11H15BrN2OS/c1-7(2)14-11(15)6-16-10-4-3-8(13)5-9(10)12/h3-5,7H,6,13H2,1-2H3,(H,14,15). The third kappa shape index (κ3) is 4.45. The molecule has 0 bridgehead atoms. The van der Waals surface area contributed by atoms with Gasteiger partial charge in [0.05, 0.1) is 5.75 Å². The molecule has 1 aromatic rings. The number of rotatable bonds is 4. The molecule has 0 heterocycles. The number of nitrogens with one attached hydrogen (secondary N) is 1. The molecule has 0 aliphatic rings. The number of benzene rings is 1. The monoisotopic (exact) mass is 302 g/mol. The molecule has 0 aromatic heterocycles. The average molecular weight is 303 g/mol. The molecule has 0 saturated heterocycles. The second-order valence-corrected chi connectivity index (χ2v) is 5.57. The quantitative estimate of drug-likeness (QED) is 0.664. The molecule has 5 heteroatoms. The first-order valence-corrected chi connectivity index (χ1v) is 6.74. The normalized spacial score (nSPS) is 10.5. The first-order chi connectivity index (χ1) is 7.49. The van der Waals surface area contributed by atoms with Crippen LogP contribution in [-0.2, 0) is 4.79 Å². The number of amides is 1. The smallest absolute Gasteiger partial charge is 0.230 e. The van der Waals surface area contributed by atoms with Gasteiger partial charge in [-0.2, -0.15) is 0 Å². The Kier molecular flexibility index (Phi) is 5.15. The summed E-state index contributed by atoms with van der Waals surface area (Å²) in [5.41, 5.74) is 6.34. The molecule has 0 atom stereocenters. The molecule has 0 fully saturated rings. The van der Waals surface area contributed by atoms with Gasteiger partial charge in [0.25, 0.3) is 0 Å². The van der Waals surface area contributed by atoms with Crippen molar-refractivity contribution >= 4 is 39.3 Å². The zero-order valence-electron chi connectivity index (χ0n) is 9.29. The minimum atomic E-state index is 0.0451. The van der Waals surface area contributed by atoms with Gasteiger partial charge in [0, 0.05) is 21.1 Å². The van der Waals surface area contributed by atoms with Crippen molar-refractivity contribution in [2.45, 2.75) is 24.8 Å². The Bertz CT molecular complexity index is 382. The van der Waals surface area contributed by atoms with Crippen molar-refractivity contribution in [3.05, 3.63) is 22.7 Å². The van der Waals surface area contributed by atoms with Crippen molar-refractivity contribution < 1.29 is 4.79 Å². The van der Waals surface area contributed by atoms with Crippen LogP contribution in [0.3, 0.4) is 0 Å². The molecule has 3 nitrogen and oxygen atoms in total. The molecule has 3 N–H and O–H groups in total. The predicted octanol–water partition coefficient (Wildman–Crippen LogP) is 2.65. The van der Waals surface area contributed by atoms with Crippen LogP contribution in [0.15, 0.2) is 27.6 Å². The van der Waals surface area contributed by atoms with Crippen LogP contribution in [0.4, 0.5) is 5.69 Å². The predicted molar refractivity (Wildman–Crippen MR) is 72.6 cm³/mol. The van der Waals surface area contributed by atoms with E-state index in [1.54, 1.807) is 0 Å². The molecule has 1 rings (SSSR count). The van der Waals surface area contributed by atoms with Gasteiger partial charge in [-0.3, -0.25) is 4.79 Å². The molecule has 0 aliphatic carbocycles. The Morgan fingerprint density at radius 3 is 2.81 bits per heavy atom. The van der Waals surface area contributed by atoms with Crippen molar-refractivity contribution in [2.24, 2.45) is 0 Å². The van der Waals surface area contributed by atoms with Crippen molar-refractivity contribution in [3.8, 4) is 0 Å². The summed E-state index contributed by atoms with van der Waals surface area (Å²) in [6.07, 6.45) is 0. The molecule has 1 amide bonds. The Balaban J connectivity index is 2.51. The highest BCUT2D eigenvalue weighted by Crippen LogP contribution is 2.28. The molecule has 0 spiro atoms. The van der Waals surface area contributed by atoms with E-state index in [1.165, 1.54) is 11.8 Å². The van der Waals surface area contributed by atoms with Crippen LogP contribution in [0.5, 0.6) is 0 Å². The van der Waals surface area contributed by atoms with Crippen molar-refractivity contribution in [2.75, 3.05) is 11.5 Å². The summed E-state index contributed by atoms with van der Waals surface area (Å²) in [6, 6.07) is 5.76. The Morgan fingerprint density at radius 2 is 2.25 bits per heavy atom. The number of nitrogens with two attached hydrogens (primary N) is 1. The van der Waals surface area contributed by atoms with E-state index in [9.17, 15) is 4.79 Å².